The Bertz CT molecular complexity index is 317. The van der Waals surface area contributed by atoms with Gasteiger partial charge in [-0.25, -0.2) is 0 Å². The first kappa shape index (κ1) is 9.80. The van der Waals surface area contributed by atoms with Crippen LogP contribution in [0.5, 0.6) is 0 Å². The molecule has 0 fully saturated rings. The zero-order valence-corrected chi connectivity index (χ0v) is 7.82. The first-order chi connectivity index (χ1) is 6.02. The summed E-state index contributed by atoms with van der Waals surface area (Å²) in [6.07, 6.45) is 1.85. The third-order valence-electron chi connectivity index (χ3n) is 2.22. The minimum atomic E-state index is -0.967. The number of nitrogens with two attached hydrogens (primary N) is 1. The number of aromatic nitrogens is 1. The molecule has 0 aliphatic carbocycles. The molecular formula is C9H14N2O2. The molecule has 0 saturated carbocycles. The van der Waals surface area contributed by atoms with Crippen LogP contribution in [0.1, 0.15) is 11.3 Å². The molecule has 1 aromatic heterocycles. The first-order valence-corrected chi connectivity index (χ1v) is 4.13. The van der Waals surface area contributed by atoms with Gasteiger partial charge in [0.2, 0.25) is 0 Å². The summed E-state index contributed by atoms with van der Waals surface area (Å²) in [6, 6.07) is 1.12. The molecule has 13 heavy (non-hydrogen) atoms. The lowest BCUT2D eigenvalue weighted by Crippen LogP contribution is -2.34. The number of carbonyl (C=O) groups is 1. The summed E-state index contributed by atoms with van der Waals surface area (Å²) in [7, 11) is 0. The Morgan fingerprint density at radius 2 is 2.31 bits per heavy atom. The Balaban J connectivity index is 2.74. The smallest absolute Gasteiger partial charge is 0.322 e. The highest BCUT2D eigenvalue weighted by Gasteiger charge is 2.12. The van der Waals surface area contributed by atoms with Crippen molar-refractivity contribution in [2.24, 2.45) is 5.73 Å². The second-order valence-electron chi connectivity index (χ2n) is 3.18. The second-order valence-corrected chi connectivity index (χ2v) is 3.18. The van der Waals surface area contributed by atoms with E-state index >= 15 is 0 Å². The van der Waals surface area contributed by atoms with E-state index in [0.29, 0.717) is 6.54 Å². The number of aliphatic carboxylic acids is 1. The Morgan fingerprint density at radius 1 is 1.69 bits per heavy atom. The molecule has 0 aliphatic heterocycles. The fraction of sp³-hybridized carbons (Fsp3) is 0.444. The van der Waals surface area contributed by atoms with Gasteiger partial charge in [0.05, 0.1) is 0 Å². The zero-order valence-electron chi connectivity index (χ0n) is 7.82. The van der Waals surface area contributed by atoms with Crippen LogP contribution >= 0.6 is 0 Å². The monoisotopic (exact) mass is 182 g/mol. The van der Waals surface area contributed by atoms with Crippen molar-refractivity contribution in [3.05, 3.63) is 23.5 Å². The minimum Gasteiger partial charge on any atom is -0.480 e. The summed E-state index contributed by atoms with van der Waals surface area (Å²) < 4.78 is 1.86. The molecule has 3 N–H and O–H groups in total. The molecule has 0 amide bonds. The average molecular weight is 182 g/mol. The lowest BCUT2D eigenvalue weighted by atomic mass is 10.3. The van der Waals surface area contributed by atoms with Gasteiger partial charge < -0.3 is 15.4 Å². The topological polar surface area (TPSA) is 68.2 Å². The van der Waals surface area contributed by atoms with Gasteiger partial charge in [-0.2, -0.15) is 0 Å². The van der Waals surface area contributed by atoms with Crippen LogP contribution in [0.2, 0.25) is 0 Å². The van der Waals surface area contributed by atoms with E-state index in [1.165, 1.54) is 0 Å². The van der Waals surface area contributed by atoms with Crippen molar-refractivity contribution in [2.75, 3.05) is 0 Å². The molecule has 0 radical (unpaired) electrons. The molecule has 1 aromatic rings. The number of aryl methyl sites for hydroxylation is 1. The maximum Gasteiger partial charge on any atom is 0.322 e. The first-order valence-electron chi connectivity index (χ1n) is 4.13. The number of hydrogen-bond donors (Lipinski definition) is 2. The number of carboxylic acids is 1. The van der Waals surface area contributed by atoms with Crippen molar-refractivity contribution in [3.63, 3.8) is 0 Å². The van der Waals surface area contributed by atoms with Crippen molar-refractivity contribution in [2.45, 2.75) is 26.4 Å². The Kier molecular flexibility index (Phi) is 2.72. The molecule has 0 aliphatic rings. The van der Waals surface area contributed by atoms with Gasteiger partial charge in [-0.1, -0.05) is 0 Å². The highest BCUT2D eigenvalue weighted by Crippen LogP contribution is 2.08. The van der Waals surface area contributed by atoms with Crippen LogP contribution < -0.4 is 5.73 Å². The van der Waals surface area contributed by atoms with E-state index in [2.05, 4.69) is 0 Å². The summed E-state index contributed by atoms with van der Waals surface area (Å²) in [5.74, 6) is -0.967. The van der Waals surface area contributed by atoms with Crippen LogP contribution in [0.3, 0.4) is 0 Å². The summed E-state index contributed by atoms with van der Waals surface area (Å²) in [6.45, 7) is 4.26. The lowest BCUT2D eigenvalue weighted by molar-refractivity contribution is -0.138. The molecular weight excluding hydrogens is 168 g/mol. The average Bonchev–Trinajstić information content (AvgIpc) is 2.36. The molecule has 72 valence electrons. The molecule has 0 aromatic carbocycles. The summed E-state index contributed by atoms with van der Waals surface area (Å²) in [5, 5.41) is 8.60. The van der Waals surface area contributed by atoms with E-state index in [4.69, 9.17) is 10.8 Å². The third-order valence-corrected chi connectivity index (χ3v) is 2.22. The maximum atomic E-state index is 10.5. The molecule has 1 atom stereocenters. The van der Waals surface area contributed by atoms with Gasteiger partial charge in [-0.15, -0.1) is 0 Å². The third kappa shape index (κ3) is 2.09. The van der Waals surface area contributed by atoms with E-state index in [0.717, 1.165) is 11.3 Å². The van der Waals surface area contributed by atoms with Gasteiger partial charge in [0.1, 0.15) is 6.04 Å². The van der Waals surface area contributed by atoms with E-state index in [9.17, 15) is 4.79 Å². The lowest BCUT2D eigenvalue weighted by Gasteiger charge is -2.09. The Hall–Kier alpha value is -1.29. The van der Waals surface area contributed by atoms with E-state index < -0.39 is 12.0 Å². The van der Waals surface area contributed by atoms with Gasteiger partial charge in [-0.05, 0) is 25.5 Å². The Morgan fingerprint density at radius 3 is 2.69 bits per heavy atom. The van der Waals surface area contributed by atoms with Crippen molar-refractivity contribution < 1.29 is 9.90 Å². The van der Waals surface area contributed by atoms with Crippen molar-refractivity contribution in [1.82, 2.24) is 4.57 Å². The normalized spacial score (nSPS) is 12.8. The SMILES string of the molecule is Cc1ccn(CC(N)C(=O)O)c1C. The summed E-state index contributed by atoms with van der Waals surface area (Å²) >= 11 is 0. The van der Waals surface area contributed by atoms with Crippen LogP contribution in [-0.4, -0.2) is 21.7 Å². The van der Waals surface area contributed by atoms with Crippen molar-refractivity contribution in [1.29, 1.82) is 0 Å². The standard InChI is InChI=1S/C9H14N2O2/c1-6-3-4-11(7(6)2)5-8(10)9(12)13/h3-4,8H,5,10H2,1-2H3,(H,12,13). The van der Waals surface area contributed by atoms with E-state index in [1.54, 1.807) is 0 Å². The van der Waals surface area contributed by atoms with Crippen LogP contribution in [0.25, 0.3) is 0 Å². The number of rotatable bonds is 3. The fourth-order valence-electron chi connectivity index (χ4n) is 1.15. The highest BCUT2D eigenvalue weighted by molar-refractivity contribution is 5.72. The van der Waals surface area contributed by atoms with Gasteiger partial charge in [0, 0.05) is 18.4 Å². The molecule has 0 bridgehead atoms. The molecule has 1 heterocycles. The molecule has 1 unspecified atom stereocenters. The van der Waals surface area contributed by atoms with Crippen molar-refractivity contribution in [3.8, 4) is 0 Å². The Labute approximate surface area is 77.0 Å². The number of hydrogen-bond acceptors (Lipinski definition) is 2. The molecule has 0 saturated heterocycles. The van der Waals surface area contributed by atoms with Crippen LogP contribution in [-0.2, 0) is 11.3 Å². The van der Waals surface area contributed by atoms with Crippen LogP contribution in [0.15, 0.2) is 12.3 Å². The largest absolute Gasteiger partial charge is 0.480 e. The minimum absolute atomic E-state index is 0.328. The number of nitrogens with zero attached hydrogens (tertiary/aromatic N) is 1. The highest BCUT2D eigenvalue weighted by atomic mass is 16.4. The van der Waals surface area contributed by atoms with Gasteiger partial charge >= 0.3 is 5.97 Å². The fourth-order valence-corrected chi connectivity index (χ4v) is 1.15. The quantitative estimate of drug-likeness (QED) is 0.716. The number of carboxylic acid groups (broad SMARTS) is 1. The van der Waals surface area contributed by atoms with Crippen LogP contribution in [0.4, 0.5) is 0 Å². The predicted molar refractivity (Wildman–Crippen MR) is 49.5 cm³/mol. The van der Waals surface area contributed by atoms with Gasteiger partial charge in [-0.3, -0.25) is 4.79 Å². The zero-order chi connectivity index (χ0) is 10.0. The molecule has 4 heteroatoms. The second kappa shape index (κ2) is 3.62. The molecule has 1 rings (SSSR count). The molecule has 0 spiro atoms. The van der Waals surface area contributed by atoms with E-state index in [1.807, 2.05) is 30.7 Å². The van der Waals surface area contributed by atoms with Crippen LogP contribution in [0, 0.1) is 13.8 Å². The predicted octanol–water partition coefficient (Wildman–Crippen LogP) is 0.517. The van der Waals surface area contributed by atoms with Gasteiger partial charge in [0.25, 0.3) is 0 Å². The van der Waals surface area contributed by atoms with Crippen molar-refractivity contribution >= 4 is 5.97 Å². The van der Waals surface area contributed by atoms with Gasteiger partial charge in [0.15, 0.2) is 0 Å². The van der Waals surface area contributed by atoms with E-state index in [-0.39, 0.29) is 0 Å². The molecule has 4 nitrogen and oxygen atoms in total. The summed E-state index contributed by atoms with van der Waals surface area (Å²) in [4.78, 5) is 10.5. The summed E-state index contributed by atoms with van der Waals surface area (Å²) in [5.41, 5.74) is 7.62. The maximum absolute atomic E-state index is 10.5.